The fraction of sp³-hybridized carbons (Fsp3) is 0.250. The van der Waals surface area contributed by atoms with E-state index < -0.39 is 0 Å². The molecule has 1 nitrogen and oxygen atoms in total. The fourth-order valence-corrected chi connectivity index (χ4v) is 5.64. The predicted molar refractivity (Wildman–Crippen MR) is 89.0 cm³/mol. The molecule has 0 aliphatic heterocycles. The zero-order valence-electron chi connectivity index (χ0n) is 11.3. The highest BCUT2D eigenvalue weighted by Gasteiger charge is 2.09. The van der Waals surface area contributed by atoms with Gasteiger partial charge in [-0.2, -0.15) is 0 Å². The van der Waals surface area contributed by atoms with Crippen molar-refractivity contribution in [2.45, 2.75) is 0 Å². The molecule has 2 rings (SSSR count). The summed E-state index contributed by atoms with van der Waals surface area (Å²) in [6.45, 7) is 0. The summed E-state index contributed by atoms with van der Waals surface area (Å²) >= 11 is 0. The van der Waals surface area contributed by atoms with Crippen LogP contribution in [-0.2, 0) is 4.74 Å². The van der Waals surface area contributed by atoms with Gasteiger partial charge in [-0.1, -0.05) is 69.2 Å². The van der Waals surface area contributed by atoms with E-state index in [2.05, 4.69) is 60.7 Å². The van der Waals surface area contributed by atoms with Crippen LogP contribution in [0.2, 0.25) is 0 Å². The second-order valence-corrected chi connectivity index (χ2v) is 8.04. The minimum absolute atomic E-state index is 0.167. The van der Waals surface area contributed by atoms with E-state index in [0.717, 1.165) is 14.9 Å². The Hall–Kier alpha value is -0.740. The highest BCUT2D eigenvalue weighted by molar-refractivity contribution is 7.66. The molecule has 0 radical (unpaired) electrons. The van der Waals surface area contributed by atoms with Crippen LogP contribution in [0, 0.1) is 0 Å². The van der Waals surface area contributed by atoms with Crippen LogP contribution in [0.3, 0.4) is 0 Å². The van der Waals surface area contributed by atoms with E-state index in [9.17, 15) is 0 Å². The summed E-state index contributed by atoms with van der Waals surface area (Å²) in [4.78, 5) is 0. The first kappa shape index (κ1) is 14.7. The number of rotatable bonds is 7. The zero-order chi connectivity index (χ0) is 13.3. The molecular weight excluding hydrogens is 270 g/mol. The molecule has 2 atom stereocenters. The summed E-state index contributed by atoms with van der Waals surface area (Å²) in [5, 5.41) is 2.92. The summed E-state index contributed by atoms with van der Waals surface area (Å²) in [6.07, 6.45) is 3.38. The van der Waals surface area contributed by atoms with Crippen LogP contribution in [0.15, 0.2) is 60.7 Å². The molecule has 0 fully saturated rings. The maximum atomic E-state index is 5.39. The minimum Gasteiger partial charge on any atom is -0.380 e. The molecule has 0 saturated carbocycles. The summed E-state index contributed by atoms with van der Waals surface area (Å²) in [5.41, 5.74) is 0. The van der Waals surface area contributed by atoms with Gasteiger partial charge in [0.05, 0.1) is 6.35 Å². The molecule has 19 heavy (non-hydrogen) atoms. The first-order valence-corrected chi connectivity index (χ1v) is 9.40. The summed E-state index contributed by atoms with van der Waals surface area (Å²) in [6, 6.07) is 21.6. The summed E-state index contributed by atoms with van der Waals surface area (Å²) in [7, 11) is 2.54. The van der Waals surface area contributed by atoms with E-state index in [-0.39, 0.29) is 7.92 Å². The average Bonchev–Trinajstić information content (AvgIpc) is 2.48. The third-order valence-electron chi connectivity index (χ3n) is 2.89. The molecule has 2 unspecified atom stereocenters. The van der Waals surface area contributed by atoms with Gasteiger partial charge in [0.2, 0.25) is 0 Å². The maximum Gasteiger partial charge on any atom is 0.0697 e. The fourth-order valence-electron chi connectivity index (χ4n) is 1.95. The van der Waals surface area contributed by atoms with Crippen LogP contribution in [0.1, 0.15) is 0 Å². The molecule has 0 bridgehead atoms. The Labute approximate surface area is 118 Å². The first-order valence-electron chi connectivity index (χ1n) is 6.48. The van der Waals surface area contributed by atoms with Crippen molar-refractivity contribution in [1.82, 2.24) is 0 Å². The van der Waals surface area contributed by atoms with Gasteiger partial charge in [-0.05, 0) is 30.9 Å². The SMILES string of the molecule is COCP(CCPc1ccccc1)c1ccccc1. The number of methoxy groups -OCH3 is 1. The Kier molecular flexibility index (Phi) is 6.51. The lowest BCUT2D eigenvalue weighted by molar-refractivity contribution is 0.255. The molecule has 0 amide bonds. The molecule has 3 heteroatoms. The van der Waals surface area contributed by atoms with Crippen molar-refractivity contribution in [2.24, 2.45) is 0 Å². The Balaban J connectivity index is 1.87. The van der Waals surface area contributed by atoms with Crippen molar-refractivity contribution in [3.05, 3.63) is 60.7 Å². The Morgan fingerprint density at radius 1 is 0.947 bits per heavy atom. The Morgan fingerprint density at radius 3 is 2.21 bits per heavy atom. The number of hydrogen-bond donors (Lipinski definition) is 0. The smallest absolute Gasteiger partial charge is 0.0697 e. The van der Waals surface area contributed by atoms with Gasteiger partial charge in [0.25, 0.3) is 0 Å². The molecule has 0 heterocycles. The van der Waals surface area contributed by atoms with Crippen LogP contribution >= 0.6 is 16.5 Å². The van der Waals surface area contributed by atoms with Crippen LogP contribution in [0.5, 0.6) is 0 Å². The molecule has 2 aromatic carbocycles. The molecule has 0 saturated heterocycles. The van der Waals surface area contributed by atoms with E-state index in [1.54, 1.807) is 7.11 Å². The van der Waals surface area contributed by atoms with Gasteiger partial charge < -0.3 is 4.74 Å². The van der Waals surface area contributed by atoms with Gasteiger partial charge in [0, 0.05) is 7.11 Å². The zero-order valence-corrected chi connectivity index (χ0v) is 13.1. The first-order chi connectivity index (χ1) is 9.40. The van der Waals surface area contributed by atoms with E-state index >= 15 is 0 Å². The summed E-state index contributed by atoms with van der Waals surface area (Å²) in [5.74, 6) is 0. The second-order valence-electron chi connectivity index (χ2n) is 4.31. The summed E-state index contributed by atoms with van der Waals surface area (Å²) < 4.78 is 5.39. The monoisotopic (exact) mass is 290 g/mol. The standard InChI is InChI=1S/C16H20OP2/c1-17-14-19(16-10-6-3-7-11-16)13-12-18-15-8-4-2-5-9-15/h2-11,18H,12-14H2,1H3. The maximum absolute atomic E-state index is 5.39. The van der Waals surface area contributed by atoms with Crippen LogP contribution in [0.4, 0.5) is 0 Å². The number of hydrogen-bond acceptors (Lipinski definition) is 1. The molecule has 0 aliphatic rings. The Bertz CT molecular complexity index is 459. The van der Waals surface area contributed by atoms with E-state index in [1.165, 1.54) is 22.9 Å². The lowest BCUT2D eigenvalue weighted by atomic mass is 10.4. The van der Waals surface area contributed by atoms with Gasteiger partial charge in [-0.3, -0.25) is 0 Å². The molecule has 0 spiro atoms. The number of ether oxygens (including phenoxy) is 1. The number of benzene rings is 2. The van der Waals surface area contributed by atoms with Crippen LogP contribution < -0.4 is 10.6 Å². The minimum atomic E-state index is -0.167. The van der Waals surface area contributed by atoms with Crippen molar-refractivity contribution in [3.63, 3.8) is 0 Å². The van der Waals surface area contributed by atoms with Crippen molar-refractivity contribution >= 4 is 27.1 Å². The Morgan fingerprint density at radius 2 is 1.58 bits per heavy atom. The third kappa shape index (κ3) is 5.03. The van der Waals surface area contributed by atoms with Crippen LogP contribution in [-0.4, -0.2) is 25.8 Å². The van der Waals surface area contributed by atoms with Gasteiger partial charge >= 0.3 is 0 Å². The van der Waals surface area contributed by atoms with E-state index in [0.29, 0.717) is 0 Å². The quantitative estimate of drug-likeness (QED) is 0.710. The van der Waals surface area contributed by atoms with E-state index in [4.69, 9.17) is 4.74 Å². The molecular formula is C16H20OP2. The van der Waals surface area contributed by atoms with Gasteiger partial charge in [-0.25, -0.2) is 0 Å². The largest absolute Gasteiger partial charge is 0.380 e. The van der Waals surface area contributed by atoms with Crippen molar-refractivity contribution in [3.8, 4) is 0 Å². The van der Waals surface area contributed by atoms with Crippen molar-refractivity contribution in [2.75, 3.05) is 25.8 Å². The molecule has 0 aliphatic carbocycles. The second kappa shape index (κ2) is 8.43. The molecule has 2 aromatic rings. The normalized spacial score (nSPS) is 12.9. The van der Waals surface area contributed by atoms with Gasteiger partial charge in [0.15, 0.2) is 0 Å². The van der Waals surface area contributed by atoms with Gasteiger partial charge in [0.1, 0.15) is 0 Å². The highest BCUT2D eigenvalue weighted by atomic mass is 31.1. The lowest BCUT2D eigenvalue weighted by Crippen LogP contribution is -2.08. The predicted octanol–water partition coefficient (Wildman–Crippen LogP) is 3.40. The average molecular weight is 290 g/mol. The highest BCUT2D eigenvalue weighted by Crippen LogP contribution is 2.35. The third-order valence-corrected chi connectivity index (χ3v) is 6.92. The van der Waals surface area contributed by atoms with Gasteiger partial charge in [-0.15, -0.1) is 0 Å². The lowest BCUT2D eigenvalue weighted by Gasteiger charge is -2.17. The molecule has 0 aromatic heterocycles. The van der Waals surface area contributed by atoms with Crippen LogP contribution in [0.25, 0.3) is 0 Å². The topological polar surface area (TPSA) is 9.23 Å². The molecule has 0 N–H and O–H groups in total. The van der Waals surface area contributed by atoms with Crippen molar-refractivity contribution in [1.29, 1.82) is 0 Å². The van der Waals surface area contributed by atoms with Crippen molar-refractivity contribution < 1.29 is 4.74 Å². The molecule has 100 valence electrons. The van der Waals surface area contributed by atoms with E-state index in [1.807, 2.05) is 0 Å².